The highest BCUT2D eigenvalue weighted by atomic mass is 127. The summed E-state index contributed by atoms with van der Waals surface area (Å²) < 4.78 is 12.9. The normalized spacial score (nSPS) is 10.9. The van der Waals surface area contributed by atoms with E-state index in [9.17, 15) is 4.79 Å². The predicted molar refractivity (Wildman–Crippen MR) is 114 cm³/mol. The van der Waals surface area contributed by atoms with Crippen LogP contribution in [-0.4, -0.2) is 25.0 Å². The van der Waals surface area contributed by atoms with Crippen molar-refractivity contribution in [3.8, 4) is 11.5 Å². The highest BCUT2D eigenvalue weighted by molar-refractivity contribution is 14.1. The zero-order chi connectivity index (χ0) is 18.5. The molecule has 0 saturated carbocycles. The van der Waals surface area contributed by atoms with Gasteiger partial charge in [-0.1, -0.05) is 6.07 Å². The number of nitrogens with zero attached hydrogens (tertiary/aromatic N) is 1. The molecule has 3 aromatic rings. The zero-order valence-electron chi connectivity index (χ0n) is 14.8. The quantitative estimate of drug-likeness (QED) is 0.423. The van der Waals surface area contributed by atoms with Gasteiger partial charge in [0.1, 0.15) is 10.8 Å². The minimum Gasteiger partial charge on any atom is -0.493 e. The summed E-state index contributed by atoms with van der Waals surface area (Å²) in [6.07, 6.45) is 2.63. The van der Waals surface area contributed by atoms with Gasteiger partial charge in [-0.2, -0.15) is 0 Å². The van der Waals surface area contributed by atoms with Gasteiger partial charge in [-0.05, 0) is 71.3 Å². The first kappa shape index (κ1) is 19.1. The lowest BCUT2D eigenvalue weighted by molar-refractivity contribution is -0.118. The number of hydrogen-bond donors (Lipinski definition) is 0. The highest BCUT2D eigenvalue weighted by Crippen LogP contribution is 2.28. The van der Waals surface area contributed by atoms with Crippen molar-refractivity contribution in [2.45, 2.75) is 25.7 Å². The van der Waals surface area contributed by atoms with E-state index in [1.165, 1.54) is 3.57 Å². The monoisotopic (exact) mass is 481 g/mol. The number of halogens is 1. The van der Waals surface area contributed by atoms with Gasteiger partial charge in [0.15, 0.2) is 11.5 Å². The number of aryl methyl sites for hydroxylation is 1. The second kappa shape index (κ2) is 8.81. The number of ether oxygens (including phenoxy) is 2. The van der Waals surface area contributed by atoms with Gasteiger partial charge in [-0.3, -0.25) is 4.79 Å². The first-order chi connectivity index (χ1) is 12.6. The number of benzene rings is 2. The van der Waals surface area contributed by atoms with Gasteiger partial charge >= 0.3 is 0 Å². The van der Waals surface area contributed by atoms with Crippen molar-refractivity contribution in [3.63, 3.8) is 0 Å². The van der Waals surface area contributed by atoms with Crippen LogP contribution < -0.4 is 9.47 Å². The Bertz CT molecular complexity index is 923. The van der Waals surface area contributed by atoms with Crippen LogP contribution in [0, 0.1) is 3.57 Å². The maximum atomic E-state index is 12.3. The van der Waals surface area contributed by atoms with Crippen LogP contribution in [-0.2, 0) is 17.6 Å². The molecule has 0 aliphatic heterocycles. The van der Waals surface area contributed by atoms with Crippen molar-refractivity contribution in [2.75, 3.05) is 14.2 Å². The number of thiazole rings is 1. The Morgan fingerprint density at radius 2 is 1.92 bits per heavy atom. The molecule has 0 fully saturated rings. The molecule has 1 aromatic heterocycles. The fourth-order valence-corrected chi connectivity index (χ4v) is 4.54. The van der Waals surface area contributed by atoms with Crippen molar-refractivity contribution < 1.29 is 14.3 Å². The van der Waals surface area contributed by atoms with Crippen LogP contribution in [0.3, 0.4) is 0 Å². The Morgan fingerprint density at radius 1 is 1.12 bits per heavy atom. The van der Waals surface area contributed by atoms with Gasteiger partial charge in [0.05, 0.1) is 30.9 Å². The Morgan fingerprint density at radius 3 is 2.69 bits per heavy atom. The Labute approximate surface area is 170 Å². The third kappa shape index (κ3) is 4.73. The summed E-state index contributed by atoms with van der Waals surface area (Å²) in [5.74, 6) is 1.68. The second-order valence-corrected chi connectivity index (χ2v) is 8.34. The molecule has 0 saturated heterocycles. The van der Waals surface area contributed by atoms with E-state index in [0.717, 1.165) is 45.1 Å². The summed E-state index contributed by atoms with van der Waals surface area (Å²) in [7, 11) is 3.25. The van der Waals surface area contributed by atoms with Crippen LogP contribution in [0.25, 0.3) is 10.2 Å². The maximum absolute atomic E-state index is 12.3. The predicted octanol–water partition coefficient (Wildman–Crippen LogP) is 5.05. The Kier molecular flexibility index (Phi) is 6.48. The van der Waals surface area contributed by atoms with Crippen LogP contribution in [0.5, 0.6) is 11.5 Å². The number of hydrogen-bond acceptors (Lipinski definition) is 5. The van der Waals surface area contributed by atoms with Gasteiger partial charge in [-0.15, -0.1) is 11.3 Å². The van der Waals surface area contributed by atoms with Gasteiger partial charge < -0.3 is 9.47 Å². The maximum Gasteiger partial charge on any atom is 0.160 e. The minimum atomic E-state index is 0.235. The lowest BCUT2D eigenvalue weighted by Gasteiger charge is -2.09. The molecule has 0 atom stereocenters. The van der Waals surface area contributed by atoms with E-state index in [-0.39, 0.29) is 5.78 Å². The van der Waals surface area contributed by atoms with Gasteiger partial charge in [0, 0.05) is 9.99 Å². The Hall–Kier alpha value is -1.67. The average Bonchev–Trinajstić information content (AvgIpc) is 3.02. The number of fused-ring (bicyclic) bond motifs is 1. The van der Waals surface area contributed by atoms with Crippen molar-refractivity contribution in [1.82, 2.24) is 4.98 Å². The molecule has 3 rings (SSSR count). The summed E-state index contributed by atoms with van der Waals surface area (Å²) in [4.78, 5) is 16.9. The SMILES string of the molecule is COc1ccc(CCCC(=O)Cc2nc3ccc(I)cc3s2)cc1OC. The number of aromatic nitrogens is 1. The second-order valence-electron chi connectivity index (χ2n) is 5.98. The van der Waals surface area contributed by atoms with Crippen molar-refractivity contribution in [2.24, 2.45) is 0 Å². The van der Waals surface area contributed by atoms with E-state index in [2.05, 4.69) is 33.6 Å². The molecular formula is C20H20INO3S. The largest absolute Gasteiger partial charge is 0.493 e. The number of rotatable bonds is 8. The van der Waals surface area contributed by atoms with Crippen LogP contribution in [0.2, 0.25) is 0 Å². The number of carbonyl (C=O) groups excluding carboxylic acids is 1. The van der Waals surface area contributed by atoms with Crippen LogP contribution in [0.15, 0.2) is 36.4 Å². The third-order valence-corrected chi connectivity index (χ3v) is 5.80. The van der Waals surface area contributed by atoms with Gasteiger partial charge in [-0.25, -0.2) is 4.98 Å². The van der Waals surface area contributed by atoms with Crippen molar-refractivity contribution in [3.05, 3.63) is 50.5 Å². The zero-order valence-corrected chi connectivity index (χ0v) is 17.7. The van der Waals surface area contributed by atoms with Crippen molar-refractivity contribution >= 4 is 49.9 Å². The van der Waals surface area contributed by atoms with Gasteiger partial charge in [0.2, 0.25) is 0 Å². The smallest absolute Gasteiger partial charge is 0.160 e. The molecule has 6 heteroatoms. The van der Waals surface area contributed by atoms with E-state index < -0.39 is 0 Å². The number of Topliss-reactive ketones (excluding diaryl/α,β-unsaturated/α-hetero) is 1. The fraction of sp³-hybridized carbons (Fsp3) is 0.300. The average molecular weight is 481 g/mol. The summed E-state index contributed by atoms with van der Waals surface area (Å²) in [5.41, 5.74) is 2.12. The molecule has 0 amide bonds. The molecule has 0 aliphatic rings. The van der Waals surface area contributed by atoms with E-state index in [1.807, 2.05) is 30.3 Å². The third-order valence-electron chi connectivity index (χ3n) is 4.11. The molecule has 136 valence electrons. The molecule has 0 N–H and O–H groups in total. The topological polar surface area (TPSA) is 48.4 Å². The molecular weight excluding hydrogens is 461 g/mol. The summed E-state index contributed by atoms with van der Waals surface area (Å²) >= 11 is 3.90. The molecule has 0 bridgehead atoms. The molecule has 0 aliphatic carbocycles. The number of methoxy groups -OCH3 is 2. The van der Waals surface area contributed by atoms with Crippen LogP contribution in [0.1, 0.15) is 23.4 Å². The highest BCUT2D eigenvalue weighted by Gasteiger charge is 2.10. The van der Waals surface area contributed by atoms with Gasteiger partial charge in [0.25, 0.3) is 0 Å². The molecule has 0 radical (unpaired) electrons. The molecule has 2 aromatic carbocycles. The Balaban J connectivity index is 1.53. The molecule has 1 heterocycles. The molecule has 0 spiro atoms. The first-order valence-corrected chi connectivity index (χ1v) is 10.3. The first-order valence-electron chi connectivity index (χ1n) is 8.36. The minimum absolute atomic E-state index is 0.235. The van der Waals surface area contributed by atoms with E-state index in [0.29, 0.717) is 12.8 Å². The lowest BCUT2D eigenvalue weighted by atomic mass is 10.0. The fourth-order valence-electron chi connectivity index (χ4n) is 2.80. The summed E-state index contributed by atoms with van der Waals surface area (Å²) in [6.45, 7) is 0. The van der Waals surface area contributed by atoms with E-state index >= 15 is 0 Å². The van der Waals surface area contributed by atoms with E-state index in [4.69, 9.17) is 9.47 Å². The van der Waals surface area contributed by atoms with Crippen LogP contribution in [0.4, 0.5) is 0 Å². The van der Waals surface area contributed by atoms with E-state index in [1.54, 1.807) is 25.6 Å². The standard InChI is InChI=1S/C20H20INO3S/c1-24-17-9-6-13(10-18(17)25-2)4-3-5-15(23)12-20-22-16-8-7-14(21)11-19(16)26-20/h6-11H,3-5,12H2,1-2H3. The molecule has 0 unspecified atom stereocenters. The lowest BCUT2D eigenvalue weighted by Crippen LogP contribution is -2.03. The number of ketones is 1. The molecule has 26 heavy (non-hydrogen) atoms. The number of carbonyl (C=O) groups is 1. The molecule has 4 nitrogen and oxygen atoms in total. The van der Waals surface area contributed by atoms with Crippen LogP contribution >= 0.6 is 33.9 Å². The summed E-state index contributed by atoms with van der Waals surface area (Å²) in [5, 5.41) is 0.901. The summed E-state index contributed by atoms with van der Waals surface area (Å²) in [6, 6.07) is 12.0. The van der Waals surface area contributed by atoms with Crippen molar-refractivity contribution in [1.29, 1.82) is 0 Å².